The summed E-state index contributed by atoms with van der Waals surface area (Å²) in [5.41, 5.74) is 2.56. The number of fused-ring (bicyclic) bond motifs is 1. The predicted molar refractivity (Wildman–Crippen MR) is 70.8 cm³/mol. The van der Waals surface area contributed by atoms with Gasteiger partial charge in [-0.1, -0.05) is 0 Å². The topological polar surface area (TPSA) is 61.4 Å². The Kier molecular flexibility index (Phi) is 3.23. The van der Waals surface area contributed by atoms with Gasteiger partial charge < -0.3 is 15.5 Å². The summed E-state index contributed by atoms with van der Waals surface area (Å²) in [5.74, 6) is 0.0776. The Morgan fingerprint density at radius 1 is 1.39 bits per heavy atom. The van der Waals surface area contributed by atoms with Crippen molar-refractivity contribution in [3.05, 3.63) is 23.8 Å². The highest BCUT2D eigenvalue weighted by atomic mass is 16.2. The average Bonchev–Trinajstić information content (AvgIpc) is 2.53. The van der Waals surface area contributed by atoms with Gasteiger partial charge in [0.2, 0.25) is 5.91 Å². The second kappa shape index (κ2) is 4.68. The third-order valence-corrected chi connectivity index (χ3v) is 2.83. The number of rotatable bonds is 2. The summed E-state index contributed by atoms with van der Waals surface area (Å²) >= 11 is 0. The highest BCUT2D eigenvalue weighted by molar-refractivity contribution is 6.01. The molecule has 1 heterocycles. The molecule has 2 rings (SSSR count). The first-order chi connectivity index (χ1) is 8.47. The van der Waals surface area contributed by atoms with Crippen molar-refractivity contribution >= 4 is 23.3 Å². The van der Waals surface area contributed by atoms with Gasteiger partial charge in [0, 0.05) is 24.5 Å². The van der Waals surface area contributed by atoms with Gasteiger partial charge in [0.25, 0.3) is 0 Å². The lowest BCUT2D eigenvalue weighted by molar-refractivity contribution is -0.117. The smallest absolute Gasteiger partial charge is 0.319 e. The first-order valence-electron chi connectivity index (χ1n) is 5.94. The first kappa shape index (κ1) is 12.4. The van der Waals surface area contributed by atoms with E-state index in [1.807, 2.05) is 26.0 Å². The zero-order chi connectivity index (χ0) is 13.3. The van der Waals surface area contributed by atoms with Crippen LogP contribution in [0.1, 0.15) is 19.4 Å². The van der Waals surface area contributed by atoms with Crippen LogP contribution in [0.4, 0.5) is 16.2 Å². The van der Waals surface area contributed by atoms with Crippen molar-refractivity contribution in [1.82, 2.24) is 5.32 Å². The molecular formula is C13H17N3O2. The number of hydrogen-bond donors (Lipinski definition) is 2. The van der Waals surface area contributed by atoms with Crippen molar-refractivity contribution < 1.29 is 9.59 Å². The van der Waals surface area contributed by atoms with Crippen molar-refractivity contribution in [1.29, 1.82) is 0 Å². The second-order valence-electron chi connectivity index (χ2n) is 4.73. The fourth-order valence-corrected chi connectivity index (χ4v) is 1.98. The molecule has 5 nitrogen and oxygen atoms in total. The summed E-state index contributed by atoms with van der Waals surface area (Å²) in [7, 11) is 1.76. The van der Waals surface area contributed by atoms with Crippen LogP contribution < -0.4 is 15.5 Å². The summed E-state index contributed by atoms with van der Waals surface area (Å²) in [6, 6.07) is 5.35. The number of hydrogen-bond acceptors (Lipinski definition) is 2. The van der Waals surface area contributed by atoms with E-state index in [4.69, 9.17) is 0 Å². The van der Waals surface area contributed by atoms with E-state index in [0.717, 1.165) is 11.3 Å². The van der Waals surface area contributed by atoms with E-state index >= 15 is 0 Å². The SMILES string of the molecule is CC(C)NC(=O)Nc1ccc2c(c1)CC(=O)N2C. The van der Waals surface area contributed by atoms with Gasteiger partial charge in [0.15, 0.2) is 0 Å². The van der Waals surface area contributed by atoms with Crippen LogP contribution in [0.2, 0.25) is 0 Å². The molecule has 96 valence electrons. The molecule has 3 amide bonds. The first-order valence-corrected chi connectivity index (χ1v) is 5.94. The van der Waals surface area contributed by atoms with E-state index in [1.165, 1.54) is 0 Å². The number of urea groups is 1. The monoisotopic (exact) mass is 247 g/mol. The molecule has 1 aromatic carbocycles. The normalized spacial score (nSPS) is 13.8. The van der Waals surface area contributed by atoms with Gasteiger partial charge in [-0.15, -0.1) is 0 Å². The van der Waals surface area contributed by atoms with Crippen LogP contribution in [0, 0.1) is 0 Å². The van der Waals surface area contributed by atoms with Crippen LogP contribution >= 0.6 is 0 Å². The fourth-order valence-electron chi connectivity index (χ4n) is 1.98. The van der Waals surface area contributed by atoms with E-state index in [-0.39, 0.29) is 18.0 Å². The Hall–Kier alpha value is -2.04. The molecule has 2 N–H and O–H groups in total. The molecule has 0 saturated heterocycles. The summed E-state index contributed by atoms with van der Waals surface area (Å²) < 4.78 is 0. The minimum atomic E-state index is -0.234. The van der Waals surface area contributed by atoms with Gasteiger partial charge in [-0.25, -0.2) is 4.79 Å². The zero-order valence-electron chi connectivity index (χ0n) is 10.8. The molecule has 5 heteroatoms. The molecule has 0 aromatic heterocycles. The number of carbonyl (C=O) groups excluding carboxylic acids is 2. The molecule has 1 aliphatic rings. The number of amides is 3. The van der Waals surface area contributed by atoms with Gasteiger partial charge >= 0.3 is 6.03 Å². The molecule has 0 aliphatic carbocycles. The van der Waals surface area contributed by atoms with Crippen LogP contribution in [0.5, 0.6) is 0 Å². The highest BCUT2D eigenvalue weighted by Gasteiger charge is 2.23. The van der Waals surface area contributed by atoms with Gasteiger partial charge in [0.05, 0.1) is 6.42 Å². The van der Waals surface area contributed by atoms with Gasteiger partial charge in [0.1, 0.15) is 0 Å². The second-order valence-corrected chi connectivity index (χ2v) is 4.73. The number of likely N-dealkylation sites (N-methyl/N-ethyl adjacent to an activating group) is 1. The van der Waals surface area contributed by atoms with Crippen LogP contribution in [0.25, 0.3) is 0 Å². The van der Waals surface area contributed by atoms with E-state index in [1.54, 1.807) is 18.0 Å². The molecule has 0 saturated carbocycles. The maximum Gasteiger partial charge on any atom is 0.319 e. The van der Waals surface area contributed by atoms with E-state index in [9.17, 15) is 9.59 Å². The van der Waals surface area contributed by atoms with Gasteiger partial charge in [-0.3, -0.25) is 4.79 Å². The van der Waals surface area contributed by atoms with Crippen LogP contribution in [-0.4, -0.2) is 25.0 Å². The molecule has 0 bridgehead atoms. The molecule has 0 radical (unpaired) electrons. The maximum atomic E-state index is 11.6. The number of nitrogens with zero attached hydrogens (tertiary/aromatic N) is 1. The molecule has 0 unspecified atom stereocenters. The van der Waals surface area contributed by atoms with Gasteiger partial charge in [-0.05, 0) is 37.6 Å². The quantitative estimate of drug-likeness (QED) is 0.836. The molecule has 18 heavy (non-hydrogen) atoms. The van der Waals surface area contributed by atoms with E-state index in [0.29, 0.717) is 12.1 Å². The lowest BCUT2D eigenvalue weighted by Crippen LogP contribution is -2.34. The molecule has 1 aromatic rings. The lowest BCUT2D eigenvalue weighted by Gasteiger charge is -2.12. The molecule has 0 spiro atoms. The van der Waals surface area contributed by atoms with Crippen LogP contribution in [-0.2, 0) is 11.2 Å². The molecule has 0 atom stereocenters. The van der Waals surface area contributed by atoms with Crippen molar-refractivity contribution in [3.8, 4) is 0 Å². The summed E-state index contributed by atoms with van der Waals surface area (Å²) in [5, 5.41) is 5.50. The van der Waals surface area contributed by atoms with Crippen molar-refractivity contribution in [2.75, 3.05) is 17.3 Å². The van der Waals surface area contributed by atoms with E-state index in [2.05, 4.69) is 10.6 Å². The molecular weight excluding hydrogens is 230 g/mol. The number of carbonyl (C=O) groups is 2. The zero-order valence-corrected chi connectivity index (χ0v) is 10.8. The maximum absolute atomic E-state index is 11.6. The minimum Gasteiger partial charge on any atom is -0.336 e. The molecule has 0 fully saturated rings. The van der Waals surface area contributed by atoms with Gasteiger partial charge in [-0.2, -0.15) is 0 Å². The van der Waals surface area contributed by atoms with Crippen molar-refractivity contribution in [3.63, 3.8) is 0 Å². The summed E-state index contributed by atoms with van der Waals surface area (Å²) in [6.45, 7) is 3.80. The average molecular weight is 247 g/mol. The number of anilines is 2. The third-order valence-electron chi connectivity index (χ3n) is 2.83. The number of nitrogens with one attached hydrogen (secondary N) is 2. The Morgan fingerprint density at radius 2 is 2.11 bits per heavy atom. The largest absolute Gasteiger partial charge is 0.336 e. The Balaban J connectivity index is 2.11. The van der Waals surface area contributed by atoms with E-state index < -0.39 is 0 Å². The predicted octanol–water partition coefficient (Wildman–Crippen LogP) is 1.74. The van der Waals surface area contributed by atoms with Crippen molar-refractivity contribution in [2.45, 2.75) is 26.3 Å². The minimum absolute atomic E-state index is 0.0776. The fraction of sp³-hybridized carbons (Fsp3) is 0.385. The highest BCUT2D eigenvalue weighted by Crippen LogP contribution is 2.29. The Labute approximate surface area is 106 Å². The third kappa shape index (κ3) is 2.45. The molecule has 1 aliphatic heterocycles. The van der Waals surface area contributed by atoms with Crippen LogP contribution in [0.3, 0.4) is 0 Å². The Morgan fingerprint density at radius 3 is 2.78 bits per heavy atom. The van der Waals surface area contributed by atoms with Crippen molar-refractivity contribution in [2.24, 2.45) is 0 Å². The number of benzene rings is 1. The lowest BCUT2D eigenvalue weighted by atomic mass is 10.1. The summed E-state index contributed by atoms with van der Waals surface area (Å²) in [4.78, 5) is 24.7. The standard InChI is InChI=1S/C13H17N3O2/c1-8(2)14-13(18)15-10-4-5-11-9(6-10)7-12(17)16(11)3/h4-6,8H,7H2,1-3H3,(H2,14,15,18). The summed E-state index contributed by atoms with van der Waals surface area (Å²) in [6.07, 6.45) is 0.396. The Bertz CT molecular complexity index is 497. The van der Waals surface area contributed by atoms with Crippen LogP contribution in [0.15, 0.2) is 18.2 Å².